The number of aromatic nitrogens is 6. The molecule has 0 saturated heterocycles. The molecule has 0 saturated carbocycles. The molecule has 136 valence electrons. The average molecular weight is 399 g/mol. The lowest BCUT2D eigenvalue weighted by atomic mass is 10.1. The Morgan fingerprint density at radius 3 is 2.78 bits per heavy atom. The van der Waals surface area contributed by atoms with E-state index in [4.69, 9.17) is 16.1 Å². The van der Waals surface area contributed by atoms with Gasteiger partial charge in [-0.25, -0.2) is 0 Å². The van der Waals surface area contributed by atoms with Crippen LogP contribution in [0.2, 0.25) is 5.02 Å². The summed E-state index contributed by atoms with van der Waals surface area (Å²) in [6.07, 6.45) is 0. The van der Waals surface area contributed by atoms with Gasteiger partial charge in [0.15, 0.2) is 5.82 Å². The largest absolute Gasteiger partial charge is 0.334 e. The van der Waals surface area contributed by atoms with Crippen molar-refractivity contribution in [3.8, 4) is 17.1 Å². The average Bonchev–Trinajstić information content (AvgIpc) is 3.32. The van der Waals surface area contributed by atoms with Crippen molar-refractivity contribution in [2.75, 3.05) is 0 Å². The van der Waals surface area contributed by atoms with Gasteiger partial charge < -0.3 is 4.52 Å². The molecule has 0 radical (unpaired) electrons. The fourth-order valence-corrected chi connectivity index (χ4v) is 3.42. The Hall–Kier alpha value is -2.71. The summed E-state index contributed by atoms with van der Waals surface area (Å²) in [4.78, 5) is 4.41. The molecule has 9 heteroatoms. The quantitative estimate of drug-likeness (QED) is 0.464. The highest BCUT2D eigenvalue weighted by Gasteiger charge is 2.15. The van der Waals surface area contributed by atoms with Crippen LogP contribution in [-0.4, -0.2) is 30.3 Å². The summed E-state index contributed by atoms with van der Waals surface area (Å²) in [6.45, 7) is 4.13. The first-order valence-electron chi connectivity index (χ1n) is 8.18. The van der Waals surface area contributed by atoms with Crippen molar-refractivity contribution in [1.29, 1.82) is 0 Å². The molecular formula is C18H15ClN6OS. The van der Waals surface area contributed by atoms with E-state index in [1.54, 1.807) is 10.7 Å². The second-order valence-electron chi connectivity index (χ2n) is 5.93. The molecule has 0 aliphatic rings. The second kappa shape index (κ2) is 7.50. The highest BCUT2D eigenvalue weighted by molar-refractivity contribution is 7.98. The van der Waals surface area contributed by atoms with Crippen LogP contribution in [-0.2, 0) is 5.75 Å². The van der Waals surface area contributed by atoms with Crippen LogP contribution in [0, 0.1) is 13.8 Å². The van der Waals surface area contributed by atoms with Crippen molar-refractivity contribution in [2.24, 2.45) is 0 Å². The number of rotatable bonds is 5. The fourth-order valence-electron chi connectivity index (χ4n) is 2.47. The maximum absolute atomic E-state index is 6.18. The van der Waals surface area contributed by atoms with Crippen molar-refractivity contribution in [1.82, 2.24) is 30.3 Å². The maximum Gasteiger partial charge on any atom is 0.259 e. The second-order valence-corrected chi connectivity index (χ2v) is 7.28. The van der Waals surface area contributed by atoms with Gasteiger partial charge in [0.1, 0.15) is 0 Å². The summed E-state index contributed by atoms with van der Waals surface area (Å²) in [7, 11) is 0. The first kappa shape index (κ1) is 17.7. The van der Waals surface area contributed by atoms with Crippen molar-refractivity contribution in [3.05, 3.63) is 64.4 Å². The van der Waals surface area contributed by atoms with Gasteiger partial charge in [0, 0.05) is 0 Å². The number of hydrogen-bond acceptors (Lipinski definition) is 7. The molecule has 0 aliphatic carbocycles. The van der Waals surface area contributed by atoms with E-state index >= 15 is 0 Å². The summed E-state index contributed by atoms with van der Waals surface area (Å²) in [6, 6.07) is 13.4. The van der Waals surface area contributed by atoms with E-state index < -0.39 is 0 Å². The molecule has 0 bridgehead atoms. The molecule has 0 amide bonds. The third-order valence-electron chi connectivity index (χ3n) is 4.08. The van der Waals surface area contributed by atoms with Crippen LogP contribution in [0.3, 0.4) is 0 Å². The molecule has 2 aromatic carbocycles. The first-order chi connectivity index (χ1) is 13.1. The van der Waals surface area contributed by atoms with Crippen LogP contribution >= 0.6 is 23.4 Å². The van der Waals surface area contributed by atoms with E-state index in [2.05, 4.69) is 51.6 Å². The minimum absolute atomic E-state index is 0.393. The predicted octanol–water partition coefficient (Wildman–Crippen LogP) is 4.27. The SMILES string of the molecule is Cc1ccc(-n2nnnc2SCc2noc(-c3ccccc3Cl)n2)cc1C. The number of hydrogen-bond donors (Lipinski definition) is 0. The fraction of sp³-hybridized carbons (Fsp3) is 0.167. The highest BCUT2D eigenvalue weighted by Crippen LogP contribution is 2.27. The van der Waals surface area contributed by atoms with E-state index in [1.165, 1.54) is 22.9 Å². The Morgan fingerprint density at radius 2 is 1.96 bits per heavy atom. The van der Waals surface area contributed by atoms with Crippen LogP contribution in [0.5, 0.6) is 0 Å². The smallest absolute Gasteiger partial charge is 0.259 e. The first-order valence-corrected chi connectivity index (χ1v) is 9.54. The van der Waals surface area contributed by atoms with Gasteiger partial charge in [0.25, 0.3) is 5.89 Å². The maximum atomic E-state index is 6.18. The van der Waals surface area contributed by atoms with Crippen molar-refractivity contribution < 1.29 is 4.52 Å². The standard InChI is InChI=1S/C18H15ClN6OS/c1-11-7-8-13(9-12(11)2)25-18(21-23-24-25)27-10-16-20-17(26-22-16)14-5-3-4-6-15(14)19/h3-9H,10H2,1-2H3. The molecule has 7 nitrogen and oxygen atoms in total. The lowest BCUT2D eigenvalue weighted by Crippen LogP contribution is -2.00. The number of nitrogens with zero attached hydrogens (tertiary/aromatic N) is 6. The molecular weight excluding hydrogens is 384 g/mol. The molecule has 0 N–H and O–H groups in total. The molecule has 0 fully saturated rings. The van der Waals surface area contributed by atoms with Gasteiger partial charge in [-0.15, -0.1) is 5.10 Å². The zero-order chi connectivity index (χ0) is 18.8. The predicted molar refractivity (Wildman–Crippen MR) is 103 cm³/mol. The van der Waals surface area contributed by atoms with Crippen LogP contribution in [0.25, 0.3) is 17.1 Å². The lowest BCUT2D eigenvalue weighted by molar-refractivity contribution is 0.425. The number of tetrazole rings is 1. The Bertz CT molecular complexity index is 1090. The number of thioether (sulfide) groups is 1. The summed E-state index contributed by atoms with van der Waals surface area (Å²) >= 11 is 7.61. The number of benzene rings is 2. The van der Waals surface area contributed by atoms with Gasteiger partial charge in [-0.1, -0.05) is 46.7 Å². The normalized spacial score (nSPS) is 11.1. The van der Waals surface area contributed by atoms with Gasteiger partial charge >= 0.3 is 0 Å². The van der Waals surface area contributed by atoms with Crippen molar-refractivity contribution >= 4 is 23.4 Å². The molecule has 2 heterocycles. The van der Waals surface area contributed by atoms with Crippen molar-refractivity contribution in [2.45, 2.75) is 24.8 Å². The Balaban J connectivity index is 1.51. The zero-order valence-corrected chi connectivity index (χ0v) is 16.2. The molecule has 27 heavy (non-hydrogen) atoms. The zero-order valence-electron chi connectivity index (χ0n) is 14.6. The van der Waals surface area contributed by atoms with Gasteiger partial charge in [0.05, 0.1) is 22.0 Å². The number of halogens is 1. The third kappa shape index (κ3) is 3.72. The van der Waals surface area contributed by atoms with Gasteiger partial charge in [0.2, 0.25) is 5.16 Å². The molecule has 2 aromatic heterocycles. The molecule has 0 aliphatic heterocycles. The van der Waals surface area contributed by atoms with Crippen LogP contribution in [0.1, 0.15) is 17.0 Å². The monoisotopic (exact) mass is 398 g/mol. The molecule has 0 spiro atoms. The lowest BCUT2D eigenvalue weighted by Gasteiger charge is -2.06. The van der Waals surface area contributed by atoms with Gasteiger partial charge in [-0.3, -0.25) is 0 Å². The Morgan fingerprint density at radius 1 is 1.11 bits per heavy atom. The Labute approximate surface area is 164 Å². The van der Waals surface area contributed by atoms with Crippen molar-refractivity contribution in [3.63, 3.8) is 0 Å². The minimum atomic E-state index is 0.393. The summed E-state index contributed by atoms with van der Waals surface area (Å²) in [5, 5.41) is 17.2. The van der Waals surface area contributed by atoms with E-state index in [0.717, 1.165) is 5.69 Å². The Kier molecular flexibility index (Phi) is 4.91. The number of aryl methyl sites for hydroxylation is 2. The van der Waals surface area contributed by atoms with E-state index in [9.17, 15) is 0 Å². The summed E-state index contributed by atoms with van der Waals surface area (Å²) < 4.78 is 7.03. The van der Waals surface area contributed by atoms with Gasteiger partial charge in [-0.2, -0.15) is 9.67 Å². The highest BCUT2D eigenvalue weighted by atomic mass is 35.5. The van der Waals surface area contributed by atoms with Crippen LogP contribution in [0.15, 0.2) is 52.1 Å². The summed E-state index contributed by atoms with van der Waals surface area (Å²) in [5.74, 6) is 1.41. The van der Waals surface area contributed by atoms with E-state index in [1.807, 2.05) is 24.3 Å². The minimum Gasteiger partial charge on any atom is -0.334 e. The van der Waals surface area contributed by atoms with E-state index in [0.29, 0.717) is 33.2 Å². The molecule has 0 unspecified atom stereocenters. The van der Waals surface area contributed by atoms with E-state index in [-0.39, 0.29) is 0 Å². The topological polar surface area (TPSA) is 82.5 Å². The van der Waals surface area contributed by atoms with Gasteiger partial charge in [-0.05, 0) is 59.7 Å². The third-order valence-corrected chi connectivity index (χ3v) is 5.32. The van der Waals surface area contributed by atoms with Crippen LogP contribution < -0.4 is 0 Å². The molecule has 4 aromatic rings. The summed E-state index contributed by atoms with van der Waals surface area (Å²) in [5.41, 5.74) is 4.03. The van der Waals surface area contributed by atoms with Crippen LogP contribution in [0.4, 0.5) is 0 Å². The molecule has 4 rings (SSSR count). The molecule has 0 atom stereocenters.